The van der Waals surface area contributed by atoms with Gasteiger partial charge in [0.25, 0.3) is 0 Å². The number of benzene rings is 2. The van der Waals surface area contributed by atoms with Crippen molar-refractivity contribution in [1.29, 1.82) is 0 Å². The number of hydrogen-bond donors (Lipinski definition) is 1. The third-order valence-electron chi connectivity index (χ3n) is 4.71. The van der Waals surface area contributed by atoms with Crippen molar-refractivity contribution in [2.24, 2.45) is 0 Å². The highest BCUT2D eigenvalue weighted by Gasteiger charge is 2.12. The Morgan fingerprint density at radius 1 is 0.735 bits per heavy atom. The highest BCUT2D eigenvalue weighted by Crippen LogP contribution is 2.22. The lowest BCUT2D eigenvalue weighted by Gasteiger charge is -2.00. The summed E-state index contributed by atoms with van der Waals surface area (Å²) < 4.78 is 0. The van der Waals surface area contributed by atoms with Crippen LogP contribution in [0.15, 0.2) is 60.7 Å². The Hall–Kier alpha value is -2.95. The molecule has 1 amide bonds. The Morgan fingerprint density at radius 2 is 1.38 bits per heavy atom. The number of carbonyl (C=O) groups is 2. The second-order valence-electron chi connectivity index (χ2n) is 7.48. The summed E-state index contributed by atoms with van der Waals surface area (Å²) in [6.07, 6.45) is 1.84. The minimum atomic E-state index is -0.101. The zero-order chi connectivity index (χ0) is 23.6. The number of hydrogen-bond acceptors (Lipinski definition) is 9. The molecule has 0 aliphatic heterocycles. The van der Waals surface area contributed by atoms with Crippen LogP contribution < -0.4 is 5.32 Å². The molecule has 0 saturated carbocycles. The number of aromatic nitrogens is 4. The Morgan fingerprint density at radius 3 is 2.12 bits per heavy atom. The van der Waals surface area contributed by atoms with Gasteiger partial charge >= 0.3 is 0 Å². The van der Waals surface area contributed by atoms with Crippen LogP contribution in [0.4, 0.5) is 5.13 Å². The Labute approximate surface area is 210 Å². The van der Waals surface area contributed by atoms with Crippen molar-refractivity contribution in [2.75, 3.05) is 11.1 Å². The van der Waals surface area contributed by atoms with E-state index in [0.717, 1.165) is 38.3 Å². The number of nitrogens with zero attached hydrogens (tertiary/aromatic N) is 4. The number of aryl methyl sites for hydroxylation is 1. The minimum Gasteiger partial charge on any atom is -0.300 e. The van der Waals surface area contributed by atoms with E-state index in [2.05, 4.69) is 25.7 Å². The summed E-state index contributed by atoms with van der Waals surface area (Å²) >= 11 is 4.62. The highest BCUT2D eigenvalue weighted by atomic mass is 32.2. The van der Waals surface area contributed by atoms with Crippen LogP contribution in [0, 0.1) is 0 Å². The lowest BCUT2D eigenvalue weighted by atomic mass is 10.1. The molecule has 0 aliphatic carbocycles. The van der Waals surface area contributed by atoms with Gasteiger partial charge in [0.15, 0.2) is 0 Å². The van der Waals surface area contributed by atoms with Crippen LogP contribution in [0.1, 0.15) is 26.1 Å². The van der Waals surface area contributed by atoms with Crippen LogP contribution in [0.2, 0.25) is 0 Å². The first-order valence-electron chi connectivity index (χ1n) is 10.7. The van der Waals surface area contributed by atoms with Gasteiger partial charge in [-0.1, -0.05) is 72.0 Å². The van der Waals surface area contributed by atoms with Gasteiger partial charge in [0.1, 0.15) is 20.8 Å². The topological polar surface area (TPSA) is 97.7 Å². The molecule has 2 aromatic carbocycles. The predicted molar refractivity (Wildman–Crippen MR) is 137 cm³/mol. The second-order valence-corrected chi connectivity index (χ2v) is 10.8. The van der Waals surface area contributed by atoms with Crippen molar-refractivity contribution in [3.63, 3.8) is 0 Å². The lowest BCUT2D eigenvalue weighted by Crippen LogP contribution is -2.14. The van der Waals surface area contributed by atoms with Crippen LogP contribution >= 0.6 is 34.4 Å². The third-order valence-corrected chi connectivity index (χ3v) is 7.68. The van der Waals surface area contributed by atoms with E-state index in [0.29, 0.717) is 30.1 Å². The fraction of sp³-hybridized carbons (Fsp3) is 0.250. The average molecular weight is 510 g/mol. The van der Waals surface area contributed by atoms with Gasteiger partial charge in [-0.3, -0.25) is 9.59 Å². The molecule has 2 heterocycles. The molecule has 0 unspecified atom stereocenters. The molecule has 1 N–H and O–H groups in total. The van der Waals surface area contributed by atoms with E-state index in [1.165, 1.54) is 22.7 Å². The number of rotatable bonds is 12. The fourth-order valence-corrected chi connectivity index (χ4v) is 5.89. The average Bonchev–Trinajstić information content (AvgIpc) is 3.47. The Bertz CT molecular complexity index is 1120. The first-order valence-corrected chi connectivity index (χ1v) is 13.5. The summed E-state index contributed by atoms with van der Waals surface area (Å²) in [6.45, 7) is 0. The smallest absolute Gasteiger partial charge is 0.230 e. The molecular weight excluding hydrogens is 486 g/mol. The van der Waals surface area contributed by atoms with Crippen molar-refractivity contribution < 1.29 is 9.59 Å². The monoisotopic (exact) mass is 509 g/mol. The molecule has 0 atom stereocenters. The molecule has 0 bridgehead atoms. The Kier molecular flexibility index (Phi) is 8.89. The van der Waals surface area contributed by atoms with Crippen LogP contribution in [0.3, 0.4) is 0 Å². The van der Waals surface area contributed by atoms with E-state index in [9.17, 15) is 9.59 Å². The molecule has 0 saturated heterocycles. The first-order chi connectivity index (χ1) is 16.6. The SMILES string of the molecule is O=C(Cc1ccccc1)Cc1nnc(CCSCc2nnc(NC(=O)Cc3ccccc3)s2)s1. The third kappa shape index (κ3) is 7.82. The van der Waals surface area contributed by atoms with E-state index < -0.39 is 0 Å². The molecule has 0 spiro atoms. The van der Waals surface area contributed by atoms with E-state index in [-0.39, 0.29) is 11.7 Å². The molecule has 4 aromatic rings. The van der Waals surface area contributed by atoms with Crippen molar-refractivity contribution in [3.05, 3.63) is 86.8 Å². The van der Waals surface area contributed by atoms with E-state index >= 15 is 0 Å². The predicted octanol–water partition coefficient (Wildman–Crippen LogP) is 4.40. The standard InChI is InChI=1S/C24H23N5O2S3/c30-19(13-17-7-3-1-4-8-17)15-22-27-26-21(33-22)11-12-32-16-23-28-29-24(34-23)25-20(31)14-18-9-5-2-6-10-18/h1-10H,11-16H2,(H,25,29,31). The van der Waals surface area contributed by atoms with E-state index in [4.69, 9.17) is 0 Å². The maximum Gasteiger partial charge on any atom is 0.230 e. The van der Waals surface area contributed by atoms with E-state index in [1.807, 2.05) is 60.7 Å². The number of nitrogens with one attached hydrogen (secondary N) is 1. The van der Waals surface area contributed by atoms with E-state index in [1.54, 1.807) is 11.8 Å². The number of anilines is 1. The maximum atomic E-state index is 12.3. The summed E-state index contributed by atoms with van der Waals surface area (Å²) in [4.78, 5) is 24.4. The lowest BCUT2D eigenvalue weighted by molar-refractivity contribution is -0.118. The summed E-state index contributed by atoms with van der Waals surface area (Å²) in [5, 5.41) is 22.5. The normalized spacial score (nSPS) is 10.8. The molecule has 0 radical (unpaired) electrons. The maximum absolute atomic E-state index is 12.3. The summed E-state index contributed by atoms with van der Waals surface area (Å²) in [5.41, 5.74) is 1.98. The largest absolute Gasteiger partial charge is 0.300 e. The second kappa shape index (κ2) is 12.5. The number of ketones is 1. The molecule has 10 heteroatoms. The van der Waals surface area contributed by atoms with Crippen LogP contribution in [0.25, 0.3) is 0 Å². The molecule has 4 rings (SSSR count). The van der Waals surface area contributed by atoms with Gasteiger partial charge in [0, 0.05) is 24.3 Å². The zero-order valence-corrected chi connectivity index (χ0v) is 20.8. The summed E-state index contributed by atoms with van der Waals surface area (Å²) in [7, 11) is 0. The number of thioether (sulfide) groups is 1. The molecule has 0 fully saturated rings. The van der Waals surface area contributed by atoms with Crippen LogP contribution in [-0.2, 0) is 41.0 Å². The van der Waals surface area contributed by atoms with Crippen LogP contribution in [-0.4, -0.2) is 37.8 Å². The minimum absolute atomic E-state index is 0.101. The van der Waals surface area contributed by atoms with Crippen LogP contribution in [0.5, 0.6) is 0 Å². The van der Waals surface area contributed by atoms with Gasteiger partial charge in [-0.05, 0) is 11.1 Å². The quantitative estimate of drug-likeness (QED) is 0.283. The molecule has 0 aliphatic rings. The molecule has 2 aromatic heterocycles. The number of amides is 1. The molecule has 7 nitrogen and oxygen atoms in total. The van der Waals surface area contributed by atoms with Gasteiger partial charge in [0.2, 0.25) is 11.0 Å². The molecule has 34 heavy (non-hydrogen) atoms. The molecule has 174 valence electrons. The van der Waals surface area contributed by atoms with Gasteiger partial charge < -0.3 is 5.32 Å². The number of carbonyl (C=O) groups excluding carboxylic acids is 2. The molecular formula is C24H23N5O2S3. The van der Waals surface area contributed by atoms with Crippen molar-refractivity contribution in [2.45, 2.75) is 31.4 Å². The van der Waals surface area contributed by atoms with Gasteiger partial charge in [0.05, 0.1) is 12.8 Å². The number of Topliss-reactive ketones (excluding diaryl/α,β-unsaturated/α-hetero) is 1. The summed E-state index contributed by atoms with van der Waals surface area (Å²) in [5.74, 6) is 1.62. The first kappa shape index (κ1) is 24.2. The fourth-order valence-electron chi connectivity index (χ4n) is 3.14. The van der Waals surface area contributed by atoms with Crippen molar-refractivity contribution in [1.82, 2.24) is 20.4 Å². The zero-order valence-electron chi connectivity index (χ0n) is 18.3. The van der Waals surface area contributed by atoms with Gasteiger partial charge in [-0.2, -0.15) is 11.8 Å². The van der Waals surface area contributed by atoms with Crippen molar-refractivity contribution >= 4 is 51.3 Å². The van der Waals surface area contributed by atoms with Gasteiger partial charge in [-0.25, -0.2) is 0 Å². The highest BCUT2D eigenvalue weighted by molar-refractivity contribution is 7.98. The summed E-state index contributed by atoms with van der Waals surface area (Å²) in [6, 6.07) is 19.3. The van der Waals surface area contributed by atoms with Gasteiger partial charge in [-0.15, -0.1) is 31.7 Å². The van der Waals surface area contributed by atoms with Crippen molar-refractivity contribution in [3.8, 4) is 0 Å². The Balaban J connectivity index is 1.15.